The van der Waals surface area contributed by atoms with Crippen molar-refractivity contribution in [2.75, 3.05) is 26.2 Å². The Labute approximate surface area is 105 Å². The van der Waals surface area contributed by atoms with E-state index in [1.54, 1.807) is 6.92 Å². The second-order valence-electron chi connectivity index (χ2n) is 3.35. The first-order valence-corrected chi connectivity index (χ1v) is 6.99. The molecule has 0 spiro atoms. The summed E-state index contributed by atoms with van der Waals surface area (Å²) in [6, 6.07) is 0. The van der Waals surface area contributed by atoms with Gasteiger partial charge in [-0.2, -0.15) is 4.31 Å². The van der Waals surface area contributed by atoms with Gasteiger partial charge in [-0.1, -0.05) is 0 Å². The van der Waals surface area contributed by atoms with Crippen LogP contribution in [0.15, 0.2) is 10.4 Å². The van der Waals surface area contributed by atoms with E-state index in [-0.39, 0.29) is 12.4 Å². The second kappa shape index (κ2) is 5.42. The summed E-state index contributed by atoms with van der Waals surface area (Å²) >= 11 is 1.23. The van der Waals surface area contributed by atoms with Crippen LogP contribution in [-0.2, 0) is 10.0 Å². The van der Waals surface area contributed by atoms with Gasteiger partial charge in [0.2, 0.25) is 0 Å². The highest BCUT2D eigenvalue weighted by Crippen LogP contribution is 2.22. The monoisotopic (exact) mass is 283 g/mol. The number of piperazine rings is 1. The van der Waals surface area contributed by atoms with Gasteiger partial charge in [-0.05, 0) is 6.92 Å². The van der Waals surface area contributed by atoms with Gasteiger partial charge >= 0.3 is 0 Å². The Morgan fingerprint density at radius 1 is 1.44 bits per heavy atom. The number of rotatable bonds is 2. The Morgan fingerprint density at radius 2 is 2.06 bits per heavy atom. The van der Waals surface area contributed by atoms with Crippen LogP contribution < -0.4 is 5.32 Å². The zero-order chi connectivity index (χ0) is 10.9. The smallest absolute Gasteiger partial charge is 0.254 e. The number of nitrogens with one attached hydrogen (secondary N) is 1. The van der Waals surface area contributed by atoms with E-state index < -0.39 is 10.0 Å². The minimum Gasteiger partial charge on any atom is -0.314 e. The third kappa shape index (κ3) is 2.72. The molecule has 16 heavy (non-hydrogen) atoms. The molecule has 8 heteroatoms. The lowest BCUT2D eigenvalue weighted by Gasteiger charge is -2.25. The second-order valence-corrected chi connectivity index (χ2v) is 6.75. The van der Waals surface area contributed by atoms with Crippen LogP contribution in [0.5, 0.6) is 0 Å². The van der Waals surface area contributed by atoms with Gasteiger partial charge in [-0.25, -0.2) is 13.4 Å². The van der Waals surface area contributed by atoms with Crippen LogP contribution in [0.3, 0.4) is 0 Å². The lowest BCUT2D eigenvalue weighted by molar-refractivity contribution is 0.361. The zero-order valence-corrected chi connectivity index (χ0v) is 11.3. The minimum atomic E-state index is -3.29. The molecule has 0 amide bonds. The number of aryl methyl sites for hydroxylation is 1. The number of thiazole rings is 1. The molecule has 1 aliphatic rings. The molecule has 0 aromatic carbocycles. The Bertz CT molecular complexity index is 440. The molecule has 0 atom stereocenters. The fourth-order valence-electron chi connectivity index (χ4n) is 1.47. The molecule has 5 nitrogen and oxygen atoms in total. The molecular weight excluding hydrogens is 270 g/mol. The van der Waals surface area contributed by atoms with Gasteiger partial charge in [0, 0.05) is 26.2 Å². The van der Waals surface area contributed by atoms with Gasteiger partial charge < -0.3 is 5.32 Å². The Balaban J connectivity index is 0.00000128. The van der Waals surface area contributed by atoms with Crippen LogP contribution >= 0.6 is 23.7 Å². The van der Waals surface area contributed by atoms with Gasteiger partial charge in [0.05, 0.1) is 11.2 Å². The molecule has 92 valence electrons. The molecule has 1 N–H and O–H groups in total. The molecule has 0 radical (unpaired) electrons. The van der Waals surface area contributed by atoms with Gasteiger partial charge in [-0.15, -0.1) is 23.7 Å². The summed E-state index contributed by atoms with van der Waals surface area (Å²) in [5, 5.41) is 3.91. The van der Waals surface area contributed by atoms with E-state index in [1.807, 2.05) is 0 Å². The third-order valence-electron chi connectivity index (χ3n) is 2.27. The first-order chi connectivity index (χ1) is 7.10. The van der Waals surface area contributed by atoms with E-state index in [9.17, 15) is 8.42 Å². The average Bonchev–Trinajstić information content (AvgIpc) is 2.67. The van der Waals surface area contributed by atoms with Crippen molar-refractivity contribution in [3.63, 3.8) is 0 Å². The average molecular weight is 284 g/mol. The molecule has 1 aromatic heterocycles. The summed E-state index contributed by atoms with van der Waals surface area (Å²) in [6.07, 6.45) is 1.44. The first kappa shape index (κ1) is 13.9. The summed E-state index contributed by atoms with van der Waals surface area (Å²) in [5.41, 5.74) is 0. The predicted octanol–water partition coefficient (Wildman–Crippen LogP) is 0.467. The highest BCUT2D eigenvalue weighted by molar-refractivity contribution is 7.91. The molecule has 0 bridgehead atoms. The van der Waals surface area contributed by atoms with Gasteiger partial charge in [0.1, 0.15) is 0 Å². The summed E-state index contributed by atoms with van der Waals surface area (Å²) in [6.45, 7) is 4.33. The highest BCUT2D eigenvalue weighted by Gasteiger charge is 2.27. The molecular formula is C8H14ClN3O2S2. The Hall–Kier alpha value is -0.210. The van der Waals surface area contributed by atoms with Crippen LogP contribution in [-0.4, -0.2) is 43.9 Å². The van der Waals surface area contributed by atoms with Crippen molar-refractivity contribution in [2.24, 2.45) is 0 Å². The van der Waals surface area contributed by atoms with E-state index in [0.29, 0.717) is 17.3 Å². The maximum Gasteiger partial charge on any atom is 0.254 e. The number of halogens is 1. The van der Waals surface area contributed by atoms with Crippen molar-refractivity contribution < 1.29 is 8.42 Å². The molecule has 2 rings (SSSR count). The molecule has 1 aromatic rings. The molecule has 1 fully saturated rings. The van der Waals surface area contributed by atoms with E-state index >= 15 is 0 Å². The summed E-state index contributed by atoms with van der Waals surface area (Å²) in [7, 11) is -3.29. The fraction of sp³-hybridized carbons (Fsp3) is 0.625. The molecule has 0 aliphatic carbocycles. The standard InChI is InChI=1S/C8H13N3O2S2.ClH/c1-7-10-6-8(14-7)15(12,13)11-4-2-9-3-5-11;/h6,9H,2-5H2,1H3;1H. The van der Waals surface area contributed by atoms with Crippen molar-refractivity contribution in [1.82, 2.24) is 14.6 Å². The van der Waals surface area contributed by atoms with Crippen LogP contribution in [0, 0.1) is 6.92 Å². The van der Waals surface area contributed by atoms with Crippen molar-refractivity contribution in [1.29, 1.82) is 0 Å². The largest absolute Gasteiger partial charge is 0.314 e. The topological polar surface area (TPSA) is 62.3 Å². The summed E-state index contributed by atoms with van der Waals surface area (Å²) in [4.78, 5) is 3.97. The number of nitrogens with zero attached hydrogens (tertiary/aromatic N) is 2. The van der Waals surface area contributed by atoms with E-state index in [0.717, 1.165) is 18.1 Å². The van der Waals surface area contributed by atoms with Gasteiger partial charge in [-0.3, -0.25) is 0 Å². The molecule has 1 saturated heterocycles. The minimum absolute atomic E-state index is 0. The number of hydrogen-bond acceptors (Lipinski definition) is 5. The van der Waals surface area contributed by atoms with E-state index in [4.69, 9.17) is 0 Å². The number of hydrogen-bond donors (Lipinski definition) is 1. The van der Waals surface area contributed by atoms with Crippen molar-refractivity contribution >= 4 is 33.8 Å². The maximum absolute atomic E-state index is 12.1. The Kier molecular flexibility index (Phi) is 4.69. The third-order valence-corrected chi connectivity index (χ3v) is 5.52. The number of aromatic nitrogens is 1. The van der Waals surface area contributed by atoms with E-state index in [1.165, 1.54) is 21.8 Å². The van der Waals surface area contributed by atoms with Crippen molar-refractivity contribution in [3.8, 4) is 0 Å². The molecule has 1 aliphatic heterocycles. The first-order valence-electron chi connectivity index (χ1n) is 4.74. The molecule has 0 saturated carbocycles. The Morgan fingerprint density at radius 3 is 2.56 bits per heavy atom. The lowest BCUT2D eigenvalue weighted by atomic mass is 10.4. The van der Waals surface area contributed by atoms with E-state index in [2.05, 4.69) is 10.3 Å². The van der Waals surface area contributed by atoms with Gasteiger partial charge in [0.25, 0.3) is 10.0 Å². The van der Waals surface area contributed by atoms with Crippen LogP contribution in [0.2, 0.25) is 0 Å². The quantitative estimate of drug-likeness (QED) is 0.857. The molecule has 2 heterocycles. The highest BCUT2D eigenvalue weighted by atomic mass is 35.5. The fourth-order valence-corrected chi connectivity index (χ4v) is 4.18. The van der Waals surface area contributed by atoms with Crippen LogP contribution in [0.1, 0.15) is 5.01 Å². The van der Waals surface area contributed by atoms with Crippen LogP contribution in [0.25, 0.3) is 0 Å². The number of sulfonamides is 1. The SMILES string of the molecule is Cc1ncc(S(=O)(=O)N2CCNCC2)s1.Cl. The summed E-state index contributed by atoms with van der Waals surface area (Å²) < 4.78 is 26.0. The van der Waals surface area contributed by atoms with Gasteiger partial charge in [0.15, 0.2) is 4.21 Å². The summed E-state index contributed by atoms with van der Waals surface area (Å²) in [5.74, 6) is 0. The lowest BCUT2D eigenvalue weighted by Crippen LogP contribution is -2.46. The molecule has 0 unspecified atom stereocenters. The van der Waals surface area contributed by atoms with Crippen molar-refractivity contribution in [2.45, 2.75) is 11.1 Å². The normalized spacial score (nSPS) is 18.1. The maximum atomic E-state index is 12.1. The predicted molar refractivity (Wildman–Crippen MR) is 65.7 cm³/mol. The zero-order valence-electron chi connectivity index (χ0n) is 8.84. The van der Waals surface area contributed by atoms with Crippen molar-refractivity contribution in [3.05, 3.63) is 11.2 Å². The van der Waals surface area contributed by atoms with Crippen LogP contribution in [0.4, 0.5) is 0 Å².